The molecule has 0 fully saturated rings. The van der Waals surface area contributed by atoms with E-state index in [4.69, 9.17) is 14.0 Å². The van der Waals surface area contributed by atoms with Gasteiger partial charge in [0.2, 0.25) is 0 Å². The summed E-state index contributed by atoms with van der Waals surface area (Å²) >= 11 is 0. The van der Waals surface area contributed by atoms with E-state index in [9.17, 15) is 0 Å². The van der Waals surface area contributed by atoms with E-state index in [1.807, 2.05) is 68.4 Å². The standard InChI is InChI=1S/C28H28N2O3/c1-19(2)31-24-12-14-26(15-13-24)32-25-10-8-21(9-11-25)27-16-28(33-29-27)20(3)30-17-22-6-4-5-7-23(22)18-30/h4-16,19-20H,17-18H2,1-3H3. The molecule has 0 N–H and O–H groups in total. The molecule has 1 unspecified atom stereocenters. The minimum Gasteiger partial charge on any atom is -0.491 e. The van der Waals surface area contributed by atoms with Crippen molar-refractivity contribution in [1.82, 2.24) is 10.1 Å². The molecule has 0 saturated heterocycles. The number of rotatable bonds is 7. The molecule has 4 aromatic rings. The Morgan fingerprint density at radius 1 is 0.788 bits per heavy atom. The predicted molar refractivity (Wildman–Crippen MR) is 128 cm³/mol. The smallest absolute Gasteiger partial charge is 0.154 e. The van der Waals surface area contributed by atoms with Crippen LogP contribution in [-0.2, 0) is 13.1 Å². The molecule has 0 spiro atoms. The highest BCUT2D eigenvalue weighted by Crippen LogP contribution is 2.33. The van der Waals surface area contributed by atoms with Gasteiger partial charge in [0.1, 0.15) is 22.9 Å². The lowest BCUT2D eigenvalue weighted by molar-refractivity contribution is 0.180. The third-order valence-electron chi connectivity index (χ3n) is 5.93. The number of benzene rings is 3. The summed E-state index contributed by atoms with van der Waals surface area (Å²) in [6.07, 6.45) is 0.149. The molecule has 33 heavy (non-hydrogen) atoms. The number of ether oxygens (including phenoxy) is 2. The van der Waals surface area contributed by atoms with Gasteiger partial charge in [0, 0.05) is 24.7 Å². The van der Waals surface area contributed by atoms with Crippen molar-refractivity contribution in [1.29, 1.82) is 0 Å². The Bertz CT molecular complexity index is 1190. The molecule has 0 bridgehead atoms. The second-order valence-corrected chi connectivity index (χ2v) is 8.73. The van der Waals surface area contributed by atoms with Crippen LogP contribution in [0.25, 0.3) is 11.3 Å². The zero-order chi connectivity index (χ0) is 22.8. The van der Waals surface area contributed by atoms with Gasteiger partial charge in [0.25, 0.3) is 0 Å². The summed E-state index contributed by atoms with van der Waals surface area (Å²) in [6, 6.07) is 26.4. The van der Waals surface area contributed by atoms with Gasteiger partial charge in [0.05, 0.1) is 12.1 Å². The van der Waals surface area contributed by atoms with Crippen molar-refractivity contribution in [3.63, 3.8) is 0 Å². The van der Waals surface area contributed by atoms with E-state index >= 15 is 0 Å². The van der Waals surface area contributed by atoms with Crippen molar-refractivity contribution in [3.05, 3.63) is 95.7 Å². The fourth-order valence-electron chi connectivity index (χ4n) is 4.12. The van der Waals surface area contributed by atoms with Crippen molar-refractivity contribution >= 4 is 0 Å². The van der Waals surface area contributed by atoms with Crippen LogP contribution < -0.4 is 9.47 Å². The average Bonchev–Trinajstić information content (AvgIpc) is 3.48. The van der Waals surface area contributed by atoms with E-state index in [2.05, 4.69) is 41.2 Å². The number of aromatic nitrogens is 1. The monoisotopic (exact) mass is 440 g/mol. The van der Waals surface area contributed by atoms with Crippen LogP contribution in [0, 0.1) is 0 Å². The van der Waals surface area contributed by atoms with Crippen molar-refractivity contribution in [2.45, 2.75) is 46.0 Å². The Morgan fingerprint density at radius 2 is 1.36 bits per heavy atom. The highest BCUT2D eigenvalue weighted by atomic mass is 16.5. The zero-order valence-corrected chi connectivity index (χ0v) is 19.2. The molecule has 0 saturated carbocycles. The van der Waals surface area contributed by atoms with Crippen LogP contribution >= 0.6 is 0 Å². The van der Waals surface area contributed by atoms with Crippen LogP contribution in [0.4, 0.5) is 0 Å². The van der Waals surface area contributed by atoms with Gasteiger partial charge in [-0.05, 0) is 80.4 Å². The minimum atomic E-state index is 0.149. The summed E-state index contributed by atoms with van der Waals surface area (Å²) in [6.45, 7) is 8.06. The second-order valence-electron chi connectivity index (χ2n) is 8.73. The number of fused-ring (bicyclic) bond motifs is 1. The average molecular weight is 441 g/mol. The second kappa shape index (κ2) is 9.12. The van der Waals surface area contributed by atoms with Gasteiger partial charge in [-0.2, -0.15) is 0 Å². The molecule has 0 radical (unpaired) electrons. The van der Waals surface area contributed by atoms with Gasteiger partial charge in [-0.1, -0.05) is 29.4 Å². The van der Waals surface area contributed by atoms with Crippen LogP contribution in [0.2, 0.25) is 0 Å². The molecule has 5 nitrogen and oxygen atoms in total. The van der Waals surface area contributed by atoms with Gasteiger partial charge in [-0.3, -0.25) is 4.90 Å². The van der Waals surface area contributed by atoms with Crippen molar-refractivity contribution < 1.29 is 14.0 Å². The molecule has 2 heterocycles. The van der Waals surface area contributed by atoms with Crippen molar-refractivity contribution in [3.8, 4) is 28.5 Å². The molecule has 1 aliphatic rings. The molecule has 1 aliphatic heterocycles. The molecule has 168 valence electrons. The highest BCUT2D eigenvalue weighted by Gasteiger charge is 2.26. The summed E-state index contributed by atoms with van der Waals surface area (Å²) < 4.78 is 17.4. The Balaban J connectivity index is 1.23. The van der Waals surface area contributed by atoms with E-state index < -0.39 is 0 Å². The summed E-state index contributed by atoms with van der Waals surface area (Å²) in [4.78, 5) is 2.41. The number of nitrogens with zero attached hydrogens (tertiary/aromatic N) is 2. The summed E-state index contributed by atoms with van der Waals surface area (Å²) in [5, 5.41) is 4.32. The number of hydrogen-bond donors (Lipinski definition) is 0. The molecule has 0 amide bonds. The van der Waals surface area contributed by atoms with Gasteiger partial charge in [-0.15, -0.1) is 0 Å². The molecular weight excluding hydrogens is 412 g/mol. The quantitative estimate of drug-likeness (QED) is 0.310. The first kappa shape index (κ1) is 21.3. The fraction of sp³-hybridized carbons (Fsp3) is 0.250. The van der Waals surface area contributed by atoms with Gasteiger partial charge in [-0.25, -0.2) is 0 Å². The molecular formula is C28H28N2O3. The number of hydrogen-bond acceptors (Lipinski definition) is 5. The first-order valence-corrected chi connectivity index (χ1v) is 11.4. The van der Waals surface area contributed by atoms with Crippen LogP contribution in [0.1, 0.15) is 43.7 Å². The Hall–Kier alpha value is -3.57. The molecule has 1 aromatic heterocycles. The zero-order valence-electron chi connectivity index (χ0n) is 19.2. The largest absolute Gasteiger partial charge is 0.491 e. The first-order chi connectivity index (χ1) is 16.0. The Kier molecular flexibility index (Phi) is 5.88. The van der Waals surface area contributed by atoms with Crippen molar-refractivity contribution in [2.24, 2.45) is 0 Å². The third kappa shape index (κ3) is 4.78. The van der Waals surface area contributed by atoms with Gasteiger partial charge < -0.3 is 14.0 Å². The van der Waals surface area contributed by atoms with Crippen LogP contribution in [0.5, 0.6) is 17.2 Å². The van der Waals surface area contributed by atoms with Crippen LogP contribution in [0.3, 0.4) is 0 Å². The van der Waals surface area contributed by atoms with E-state index in [1.165, 1.54) is 11.1 Å². The summed E-state index contributed by atoms with van der Waals surface area (Å²) in [5.74, 6) is 3.25. The lowest BCUT2D eigenvalue weighted by Crippen LogP contribution is -2.20. The SMILES string of the molecule is CC(C)Oc1ccc(Oc2ccc(-c3cc(C(C)N4Cc5ccccc5C4)on3)cc2)cc1. The maximum absolute atomic E-state index is 5.96. The van der Waals surface area contributed by atoms with E-state index in [0.29, 0.717) is 0 Å². The van der Waals surface area contributed by atoms with Crippen LogP contribution in [-0.4, -0.2) is 16.2 Å². The molecule has 0 aliphatic carbocycles. The topological polar surface area (TPSA) is 47.7 Å². The lowest BCUT2D eigenvalue weighted by atomic mass is 10.1. The molecule has 1 atom stereocenters. The fourth-order valence-corrected chi connectivity index (χ4v) is 4.12. The Labute approximate surface area is 194 Å². The maximum Gasteiger partial charge on any atom is 0.154 e. The van der Waals surface area contributed by atoms with Crippen LogP contribution in [0.15, 0.2) is 83.4 Å². The predicted octanol–water partition coefficient (Wildman–Crippen LogP) is 7.00. The summed E-state index contributed by atoms with van der Waals surface area (Å²) in [5.41, 5.74) is 4.61. The van der Waals surface area contributed by atoms with E-state index in [1.54, 1.807) is 0 Å². The van der Waals surface area contributed by atoms with E-state index in [0.717, 1.165) is 47.4 Å². The first-order valence-electron chi connectivity index (χ1n) is 11.4. The molecule has 3 aromatic carbocycles. The normalized spacial score (nSPS) is 14.3. The minimum absolute atomic E-state index is 0.149. The van der Waals surface area contributed by atoms with Gasteiger partial charge >= 0.3 is 0 Å². The highest BCUT2D eigenvalue weighted by molar-refractivity contribution is 5.60. The molecule has 5 heteroatoms. The summed E-state index contributed by atoms with van der Waals surface area (Å²) in [7, 11) is 0. The van der Waals surface area contributed by atoms with Crippen molar-refractivity contribution in [2.75, 3.05) is 0 Å². The maximum atomic E-state index is 5.96. The van der Waals surface area contributed by atoms with Gasteiger partial charge in [0.15, 0.2) is 5.76 Å². The lowest BCUT2D eigenvalue weighted by Gasteiger charge is -2.20. The van der Waals surface area contributed by atoms with E-state index in [-0.39, 0.29) is 12.1 Å². The Morgan fingerprint density at radius 3 is 1.97 bits per heavy atom. The third-order valence-corrected chi connectivity index (χ3v) is 5.93. The molecule has 5 rings (SSSR count).